The molecular weight excluding hydrogens is 295 g/mol. The Balaban J connectivity index is 1.98. The number of nitrogens with zero attached hydrogens (tertiary/aromatic N) is 1. The number of benzene rings is 1. The highest BCUT2D eigenvalue weighted by Gasteiger charge is 2.36. The van der Waals surface area contributed by atoms with Crippen molar-refractivity contribution in [3.8, 4) is 0 Å². The van der Waals surface area contributed by atoms with E-state index in [1.165, 1.54) is 6.07 Å². The van der Waals surface area contributed by atoms with Crippen LogP contribution in [-0.4, -0.2) is 36.2 Å². The molecule has 5 heteroatoms. The summed E-state index contributed by atoms with van der Waals surface area (Å²) in [5, 5.41) is 0. The van der Waals surface area contributed by atoms with Crippen LogP contribution >= 0.6 is 0 Å². The number of ether oxygens (including phenoxy) is 1. The molecule has 2 rings (SSSR count). The number of likely N-dealkylation sites (tertiary alicyclic amines) is 1. The second kappa shape index (κ2) is 6.87. The maximum atomic E-state index is 13.4. The monoisotopic (exact) mass is 322 g/mol. The molecule has 128 valence electrons. The summed E-state index contributed by atoms with van der Waals surface area (Å²) in [4.78, 5) is 13.9. The van der Waals surface area contributed by atoms with Crippen LogP contribution in [0.4, 0.5) is 9.18 Å². The standard InChI is InChI=1S/C18H27FN2O2/c1-17(2,3)23-16(22)21-9-7-18(13-20,8-10-21)12-14-5-4-6-15(19)11-14/h4-6,11H,7-10,12-13,20H2,1-3H3. The first-order valence-corrected chi connectivity index (χ1v) is 8.15. The van der Waals surface area contributed by atoms with Gasteiger partial charge in [0.1, 0.15) is 11.4 Å². The first kappa shape index (κ1) is 17.7. The molecule has 1 saturated heterocycles. The lowest BCUT2D eigenvalue weighted by molar-refractivity contribution is 0.0109. The number of amides is 1. The fraction of sp³-hybridized carbons (Fsp3) is 0.611. The number of piperidine rings is 1. The predicted octanol–water partition coefficient (Wildman–Crippen LogP) is 3.34. The number of halogens is 1. The lowest BCUT2D eigenvalue weighted by Crippen LogP contribution is -2.48. The Morgan fingerprint density at radius 2 is 2.00 bits per heavy atom. The van der Waals surface area contributed by atoms with Crippen molar-refractivity contribution in [1.82, 2.24) is 4.90 Å². The molecule has 0 aliphatic carbocycles. The zero-order valence-corrected chi connectivity index (χ0v) is 14.3. The number of hydrogen-bond acceptors (Lipinski definition) is 3. The Bertz CT molecular complexity index is 546. The van der Waals surface area contributed by atoms with E-state index in [2.05, 4.69) is 0 Å². The van der Waals surface area contributed by atoms with Crippen LogP contribution in [0.5, 0.6) is 0 Å². The zero-order valence-electron chi connectivity index (χ0n) is 14.3. The van der Waals surface area contributed by atoms with Crippen LogP contribution in [0.15, 0.2) is 24.3 Å². The minimum Gasteiger partial charge on any atom is -0.444 e. The molecule has 0 unspecified atom stereocenters. The molecule has 1 aromatic rings. The number of hydrogen-bond donors (Lipinski definition) is 1. The third kappa shape index (κ3) is 4.93. The molecule has 4 nitrogen and oxygen atoms in total. The molecule has 1 heterocycles. The van der Waals surface area contributed by atoms with E-state index in [0.29, 0.717) is 19.6 Å². The minimum atomic E-state index is -0.485. The van der Waals surface area contributed by atoms with Crippen LogP contribution in [0.25, 0.3) is 0 Å². The van der Waals surface area contributed by atoms with Crippen molar-refractivity contribution in [2.75, 3.05) is 19.6 Å². The van der Waals surface area contributed by atoms with Crippen molar-refractivity contribution in [1.29, 1.82) is 0 Å². The summed E-state index contributed by atoms with van der Waals surface area (Å²) in [6, 6.07) is 6.67. The van der Waals surface area contributed by atoms with Gasteiger partial charge >= 0.3 is 6.09 Å². The molecule has 1 fully saturated rings. The van der Waals surface area contributed by atoms with Crippen LogP contribution in [0.3, 0.4) is 0 Å². The second-order valence-corrected chi connectivity index (χ2v) is 7.48. The van der Waals surface area contributed by atoms with E-state index < -0.39 is 5.60 Å². The van der Waals surface area contributed by atoms with E-state index in [4.69, 9.17) is 10.5 Å². The SMILES string of the molecule is CC(C)(C)OC(=O)N1CCC(CN)(Cc2cccc(F)c2)CC1. The lowest BCUT2D eigenvalue weighted by atomic mass is 9.74. The Morgan fingerprint density at radius 3 is 2.52 bits per heavy atom. The maximum Gasteiger partial charge on any atom is 0.410 e. The summed E-state index contributed by atoms with van der Waals surface area (Å²) in [5.74, 6) is -0.221. The minimum absolute atomic E-state index is 0.0771. The fourth-order valence-corrected chi connectivity index (χ4v) is 3.02. The smallest absolute Gasteiger partial charge is 0.410 e. The average Bonchev–Trinajstić information content (AvgIpc) is 2.46. The van der Waals surface area contributed by atoms with E-state index in [9.17, 15) is 9.18 Å². The molecular formula is C18H27FN2O2. The van der Waals surface area contributed by atoms with Gasteiger partial charge in [-0.2, -0.15) is 0 Å². The van der Waals surface area contributed by atoms with Gasteiger partial charge in [0.25, 0.3) is 0 Å². The molecule has 1 amide bonds. The van der Waals surface area contributed by atoms with Crippen molar-refractivity contribution >= 4 is 6.09 Å². The summed E-state index contributed by atoms with van der Waals surface area (Å²) in [6.45, 7) is 7.38. The molecule has 1 aliphatic heterocycles. The van der Waals surface area contributed by atoms with E-state index >= 15 is 0 Å². The van der Waals surface area contributed by atoms with Gasteiger partial charge in [-0.15, -0.1) is 0 Å². The first-order chi connectivity index (χ1) is 10.7. The highest BCUT2D eigenvalue weighted by Crippen LogP contribution is 2.34. The topological polar surface area (TPSA) is 55.6 Å². The average molecular weight is 322 g/mol. The molecule has 0 saturated carbocycles. The van der Waals surface area contributed by atoms with Crippen molar-refractivity contribution in [2.45, 2.75) is 45.6 Å². The lowest BCUT2D eigenvalue weighted by Gasteiger charge is -2.41. The quantitative estimate of drug-likeness (QED) is 0.928. The van der Waals surface area contributed by atoms with E-state index in [1.54, 1.807) is 17.0 Å². The van der Waals surface area contributed by atoms with Crippen molar-refractivity contribution in [3.05, 3.63) is 35.6 Å². The Morgan fingerprint density at radius 1 is 1.35 bits per heavy atom. The summed E-state index contributed by atoms with van der Waals surface area (Å²) in [6.07, 6.45) is 2.08. The Hall–Kier alpha value is -1.62. The largest absolute Gasteiger partial charge is 0.444 e. The van der Waals surface area contributed by atoms with Gasteiger partial charge in [-0.3, -0.25) is 0 Å². The van der Waals surface area contributed by atoms with Crippen LogP contribution in [0.2, 0.25) is 0 Å². The summed E-state index contributed by atoms with van der Waals surface area (Å²) in [7, 11) is 0. The summed E-state index contributed by atoms with van der Waals surface area (Å²) in [5.41, 5.74) is 6.42. The third-order valence-electron chi connectivity index (χ3n) is 4.38. The molecule has 2 N–H and O–H groups in total. The molecule has 1 aromatic carbocycles. The predicted molar refractivity (Wildman–Crippen MR) is 88.6 cm³/mol. The van der Waals surface area contributed by atoms with Crippen molar-refractivity contribution in [2.24, 2.45) is 11.1 Å². The van der Waals surface area contributed by atoms with Gasteiger partial charge in [-0.25, -0.2) is 9.18 Å². The van der Waals surface area contributed by atoms with Crippen LogP contribution in [0.1, 0.15) is 39.2 Å². The van der Waals surface area contributed by atoms with E-state index in [-0.39, 0.29) is 17.3 Å². The van der Waals surface area contributed by atoms with Crippen LogP contribution in [-0.2, 0) is 11.2 Å². The van der Waals surface area contributed by atoms with Gasteiger partial charge in [-0.05, 0) is 69.7 Å². The third-order valence-corrected chi connectivity index (χ3v) is 4.38. The van der Waals surface area contributed by atoms with Crippen LogP contribution < -0.4 is 5.73 Å². The Labute approximate surface area is 137 Å². The van der Waals surface area contributed by atoms with Crippen molar-refractivity contribution in [3.63, 3.8) is 0 Å². The number of rotatable bonds is 3. The number of nitrogens with two attached hydrogens (primary N) is 1. The highest BCUT2D eigenvalue weighted by molar-refractivity contribution is 5.68. The second-order valence-electron chi connectivity index (χ2n) is 7.48. The molecule has 0 atom stereocenters. The van der Waals surface area contributed by atoms with E-state index in [0.717, 1.165) is 24.8 Å². The van der Waals surface area contributed by atoms with Crippen molar-refractivity contribution < 1.29 is 13.9 Å². The number of carbonyl (C=O) groups is 1. The number of carbonyl (C=O) groups excluding carboxylic acids is 1. The highest BCUT2D eigenvalue weighted by atomic mass is 19.1. The van der Waals surface area contributed by atoms with Gasteiger partial charge in [0.05, 0.1) is 0 Å². The normalized spacial score (nSPS) is 17.9. The molecule has 0 bridgehead atoms. The zero-order chi connectivity index (χ0) is 17.1. The van der Waals surface area contributed by atoms with E-state index in [1.807, 2.05) is 26.8 Å². The summed E-state index contributed by atoms with van der Waals surface area (Å²) >= 11 is 0. The van der Waals surface area contributed by atoms with Gasteiger partial charge in [0.15, 0.2) is 0 Å². The first-order valence-electron chi connectivity index (χ1n) is 8.15. The van der Waals surface area contributed by atoms with Gasteiger partial charge in [0.2, 0.25) is 0 Å². The van der Waals surface area contributed by atoms with Gasteiger partial charge in [-0.1, -0.05) is 12.1 Å². The molecule has 0 spiro atoms. The molecule has 0 aromatic heterocycles. The molecule has 0 radical (unpaired) electrons. The van der Waals surface area contributed by atoms with Gasteiger partial charge in [0, 0.05) is 13.1 Å². The van der Waals surface area contributed by atoms with Gasteiger partial charge < -0.3 is 15.4 Å². The Kier molecular flexibility index (Phi) is 5.30. The van der Waals surface area contributed by atoms with Crippen LogP contribution in [0, 0.1) is 11.2 Å². The molecule has 1 aliphatic rings. The summed E-state index contributed by atoms with van der Waals surface area (Å²) < 4.78 is 18.8. The maximum absolute atomic E-state index is 13.4. The molecule has 23 heavy (non-hydrogen) atoms. The fourth-order valence-electron chi connectivity index (χ4n) is 3.02.